The fourth-order valence-electron chi connectivity index (χ4n) is 4.47. The van der Waals surface area contributed by atoms with Crippen LogP contribution in [0.2, 0.25) is 0 Å². The van der Waals surface area contributed by atoms with E-state index < -0.39 is 0 Å². The second kappa shape index (κ2) is 8.47. The van der Waals surface area contributed by atoms with Crippen LogP contribution in [0.5, 0.6) is 11.5 Å². The van der Waals surface area contributed by atoms with Crippen LogP contribution in [0.15, 0.2) is 48.5 Å². The minimum absolute atomic E-state index is 0.0505. The van der Waals surface area contributed by atoms with Gasteiger partial charge in [-0.1, -0.05) is 18.2 Å². The topological polar surface area (TPSA) is 75.6 Å². The van der Waals surface area contributed by atoms with Gasteiger partial charge in [-0.2, -0.15) is 0 Å². The first-order valence-electron chi connectivity index (χ1n) is 10.8. The Kier molecular flexibility index (Phi) is 5.38. The fraction of sp³-hybridized carbons (Fsp3) is 0.391. The molecule has 162 valence electrons. The molecule has 0 unspecified atom stereocenters. The van der Waals surface area contributed by atoms with Crippen molar-refractivity contribution in [2.75, 3.05) is 44.4 Å². The van der Waals surface area contributed by atoms with Crippen LogP contribution in [0.4, 0.5) is 10.5 Å². The van der Waals surface area contributed by atoms with Crippen LogP contribution in [0.1, 0.15) is 12.0 Å². The number of para-hydroxylation sites is 1. The first-order valence-corrected chi connectivity index (χ1v) is 10.8. The largest absolute Gasteiger partial charge is 0.454 e. The number of anilines is 1. The van der Waals surface area contributed by atoms with Gasteiger partial charge in [0, 0.05) is 24.2 Å². The van der Waals surface area contributed by atoms with Gasteiger partial charge in [0.1, 0.15) is 6.54 Å². The Bertz CT molecular complexity index is 959. The lowest BCUT2D eigenvalue weighted by Gasteiger charge is -2.33. The van der Waals surface area contributed by atoms with Crippen LogP contribution in [-0.2, 0) is 11.3 Å². The zero-order valence-corrected chi connectivity index (χ0v) is 17.4. The van der Waals surface area contributed by atoms with Crippen LogP contribution < -0.4 is 24.6 Å². The normalized spacial score (nSPS) is 20.9. The minimum atomic E-state index is -0.154. The van der Waals surface area contributed by atoms with Gasteiger partial charge in [-0.3, -0.25) is 4.79 Å². The summed E-state index contributed by atoms with van der Waals surface area (Å²) >= 11 is 0. The Morgan fingerprint density at radius 2 is 1.84 bits per heavy atom. The zero-order valence-electron chi connectivity index (χ0n) is 17.4. The predicted molar refractivity (Wildman–Crippen MR) is 114 cm³/mol. The van der Waals surface area contributed by atoms with Crippen molar-refractivity contribution in [3.05, 3.63) is 54.1 Å². The Labute approximate surface area is 181 Å². The quantitative estimate of drug-likeness (QED) is 0.757. The summed E-state index contributed by atoms with van der Waals surface area (Å²) in [6.45, 7) is 4.89. The summed E-state index contributed by atoms with van der Waals surface area (Å²) in [5.41, 5.74) is 2.09. The number of amides is 3. The second-order valence-electron chi connectivity index (χ2n) is 8.29. The van der Waals surface area contributed by atoms with E-state index in [1.807, 2.05) is 47.4 Å². The molecule has 2 saturated heterocycles. The fourth-order valence-corrected chi connectivity index (χ4v) is 4.47. The molecule has 8 heteroatoms. The predicted octanol–water partition coefficient (Wildman–Crippen LogP) is 0.631. The van der Waals surface area contributed by atoms with Gasteiger partial charge in [-0.25, -0.2) is 4.79 Å². The molecule has 2 fully saturated rings. The van der Waals surface area contributed by atoms with Crippen molar-refractivity contribution < 1.29 is 24.0 Å². The minimum Gasteiger partial charge on any atom is -0.454 e. The van der Waals surface area contributed by atoms with E-state index in [2.05, 4.69) is 11.4 Å². The maximum Gasteiger partial charge on any atom is 0.318 e. The van der Waals surface area contributed by atoms with Gasteiger partial charge >= 0.3 is 6.03 Å². The Morgan fingerprint density at radius 1 is 1.06 bits per heavy atom. The maximum absolute atomic E-state index is 12.7. The number of urea groups is 1. The van der Waals surface area contributed by atoms with Crippen molar-refractivity contribution in [1.82, 2.24) is 10.2 Å². The van der Waals surface area contributed by atoms with E-state index in [4.69, 9.17) is 9.47 Å². The zero-order chi connectivity index (χ0) is 21.2. The van der Waals surface area contributed by atoms with Gasteiger partial charge in [0.05, 0.1) is 32.2 Å². The van der Waals surface area contributed by atoms with E-state index in [1.165, 1.54) is 10.5 Å². The van der Waals surface area contributed by atoms with Gasteiger partial charge in [0.15, 0.2) is 11.5 Å². The summed E-state index contributed by atoms with van der Waals surface area (Å²) in [7, 11) is 0. The lowest BCUT2D eigenvalue weighted by atomic mass is 10.1. The molecule has 2 N–H and O–H groups in total. The molecule has 5 rings (SSSR count). The van der Waals surface area contributed by atoms with Crippen molar-refractivity contribution in [1.29, 1.82) is 0 Å². The lowest BCUT2D eigenvalue weighted by Crippen LogP contribution is -3.13. The van der Waals surface area contributed by atoms with Gasteiger partial charge in [-0.15, -0.1) is 0 Å². The first-order chi connectivity index (χ1) is 15.2. The number of nitrogens with one attached hydrogen (secondary N) is 2. The summed E-state index contributed by atoms with van der Waals surface area (Å²) < 4.78 is 10.8. The number of ether oxygens (including phenoxy) is 2. The molecule has 0 radical (unpaired) electrons. The van der Waals surface area contributed by atoms with Crippen molar-refractivity contribution in [2.45, 2.75) is 19.0 Å². The number of carbonyl (C=O) groups is 2. The van der Waals surface area contributed by atoms with E-state index in [0.717, 1.165) is 36.8 Å². The molecule has 8 nitrogen and oxygen atoms in total. The number of hydrogen-bond donors (Lipinski definition) is 2. The number of nitrogens with zero attached hydrogens (tertiary/aromatic N) is 2. The SMILES string of the molecule is O=C(N[C@@H]1CC(=O)N(c2ccccc2)C1)N1CC[NH+](Cc2ccc3c(c2)OCO3)CC1. The molecule has 2 aromatic carbocycles. The van der Waals surface area contributed by atoms with Crippen molar-refractivity contribution in [3.8, 4) is 11.5 Å². The second-order valence-corrected chi connectivity index (χ2v) is 8.29. The first kappa shape index (κ1) is 19.7. The highest BCUT2D eigenvalue weighted by atomic mass is 16.7. The van der Waals surface area contributed by atoms with Crippen LogP contribution in [-0.4, -0.2) is 62.4 Å². The van der Waals surface area contributed by atoms with Crippen molar-refractivity contribution in [2.24, 2.45) is 0 Å². The number of hydrogen-bond acceptors (Lipinski definition) is 4. The highest BCUT2D eigenvalue weighted by molar-refractivity contribution is 5.96. The summed E-state index contributed by atoms with van der Waals surface area (Å²) in [4.78, 5) is 30.2. The molecule has 0 spiro atoms. The van der Waals surface area contributed by atoms with Crippen LogP contribution in [0.25, 0.3) is 0 Å². The monoisotopic (exact) mass is 423 g/mol. The van der Waals surface area contributed by atoms with Crippen molar-refractivity contribution in [3.63, 3.8) is 0 Å². The third-order valence-corrected chi connectivity index (χ3v) is 6.17. The average Bonchev–Trinajstić information content (AvgIpc) is 3.40. The molecule has 1 atom stereocenters. The number of rotatable bonds is 4. The standard InChI is InChI=1S/C23H26N4O4/c28-22-13-18(15-27(22)19-4-2-1-3-5-19)24-23(29)26-10-8-25(9-11-26)14-17-6-7-20-21(12-17)31-16-30-20/h1-7,12,18H,8-11,13-16H2,(H,24,29)/p+1/t18-/m1/s1. The summed E-state index contributed by atoms with van der Waals surface area (Å²) in [6, 6.07) is 15.5. The van der Waals surface area contributed by atoms with E-state index in [1.54, 1.807) is 4.90 Å². The van der Waals surface area contributed by atoms with E-state index in [9.17, 15) is 9.59 Å². The van der Waals surface area contributed by atoms with Crippen LogP contribution in [0, 0.1) is 0 Å². The molecule has 2 aromatic rings. The molecule has 31 heavy (non-hydrogen) atoms. The van der Waals surface area contributed by atoms with Gasteiger partial charge in [0.2, 0.25) is 12.7 Å². The van der Waals surface area contributed by atoms with Crippen LogP contribution in [0.3, 0.4) is 0 Å². The van der Waals surface area contributed by atoms with Crippen LogP contribution >= 0.6 is 0 Å². The van der Waals surface area contributed by atoms with E-state index in [0.29, 0.717) is 26.1 Å². The molecule has 3 aliphatic heterocycles. The van der Waals surface area contributed by atoms with E-state index in [-0.39, 0.29) is 24.8 Å². The Morgan fingerprint density at radius 3 is 2.65 bits per heavy atom. The lowest BCUT2D eigenvalue weighted by molar-refractivity contribution is -0.917. The van der Waals surface area contributed by atoms with E-state index >= 15 is 0 Å². The summed E-state index contributed by atoms with van der Waals surface area (Å²) in [6.07, 6.45) is 0.343. The number of quaternary nitrogens is 1. The van der Waals surface area contributed by atoms with Crippen molar-refractivity contribution >= 4 is 17.6 Å². The number of benzene rings is 2. The number of fused-ring (bicyclic) bond motifs is 1. The molecule has 0 aliphatic carbocycles. The number of piperazine rings is 1. The molecule has 3 heterocycles. The number of carbonyl (C=O) groups excluding carboxylic acids is 2. The van der Waals surface area contributed by atoms with Gasteiger partial charge in [0.25, 0.3) is 0 Å². The molecule has 0 saturated carbocycles. The third-order valence-electron chi connectivity index (χ3n) is 6.17. The third kappa shape index (κ3) is 4.29. The molecule has 3 aliphatic rings. The highest BCUT2D eigenvalue weighted by Crippen LogP contribution is 2.32. The smallest absolute Gasteiger partial charge is 0.318 e. The summed E-state index contributed by atoms with van der Waals surface area (Å²) in [5.74, 6) is 1.66. The Hall–Kier alpha value is -3.26. The molecule has 0 bridgehead atoms. The average molecular weight is 423 g/mol. The van der Waals surface area contributed by atoms with Gasteiger partial charge in [-0.05, 0) is 30.3 Å². The van der Waals surface area contributed by atoms with Gasteiger partial charge < -0.3 is 29.5 Å². The summed E-state index contributed by atoms with van der Waals surface area (Å²) in [5, 5.41) is 3.06. The molecule has 3 amide bonds. The highest BCUT2D eigenvalue weighted by Gasteiger charge is 2.33. The maximum atomic E-state index is 12.7. The molecular weight excluding hydrogens is 396 g/mol. The molecule has 0 aromatic heterocycles. The molecular formula is C23H27N4O4+. The Balaban J connectivity index is 1.10.